The molecule has 4 nitrogen and oxygen atoms in total. The monoisotopic (exact) mass is 315 g/mol. The van der Waals surface area contributed by atoms with Gasteiger partial charge in [0.05, 0.1) is 11.1 Å². The Morgan fingerprint density at radius 1 is 1.27 bits per heavy atom. The molecule has 0 saturated heterocycles. The highest BCUT2D eigenvalue weighted by Crippen LogP contribution is 2.38. The summed E-state index contributed by atoms with van der Waals surface area (Å²) in [6, 6.07) is 1.70. The first-order chi connectivity index (χ1) is 10.2. The van der Waals surface area contributed by atoms with Crippen LogP contribution in [0.2, 0.25) is 0 Å². The van der Waals surface area contributed by atoms with Crippen molar-refractivity contribution >= 4 is 0 Å². The second-order valence-electron chi connectivity index (χ2n) is 4.79. The Morgan fingerprint density at radius 2 is 1.91 bits per heavy atom. The van der Waals surface area contributed by atoms with Crippen molar-refractivity contribution < 1.29 is 17.6 Å². The number of H-pyrrole nitrogens is 1. The molecule has 0 aliphatic heterocycles. The highest BCUT2D eigenvalue weighted by Gasteiger charge is 2.36. The molecule has 0 aliphatic carbocycles. The number of halogens is 4. The van der Waals surface area contributed by atoms with Crippen LogP contribution in [0.25, 0.3) is 11.4 Å². The highest BCUT2D eigenvalue weighted by atomic mass is 19.4. The molecule has 0 atom stereocenters. The molecule has 0 unspecified atom stereocenters. The maximum absolute atomic E-state index is 14.4. The van der Waals surface area contributed by atoms with E-state index >= 15 is 0 Å². The standard InChI is InChI=1S/C14H13F4N3O/c1-6-7(2)20-12(21-13(6)22)10-9(14(16,17)18)4-3-8(5-19)11(10)15/h3-4H,5,19H2,1-2H3,(H,20,21,22). The number of alkyl halides is 3. The van der Waals surface area contributed by atoms with Crippen LogP contribution in [0.1, 0.15) is 22.4 Å². The van der Waals surface area contributed by atoms with Crippen LogP contribution in [-0.4, -0.2) is 9.97 Å². The molecule has 1 aromatic heterocycles. The fourth-order valence-electron chi connectivity index (χ4n) is 2.01. The second-order valence-corrected chi connectivity index (χ2v) is 4.79. The van der Waals surface area contributed by atoms with Gasteiger partial charge in [-0.3, -0.25) is 4.79 Å². The molecule has 8 heteroatoms. The lowest BCUT2D eigenvalue weighted by atomic mass is 10.0. The third-order valence-corrected chi connectivity index (χ3v) is 3.38. The Kier molecular flexibility index (Phi) is 4.06. The van der Waals surface area contributed by atoms with E-state index in [4.69, 9.17) is 5.73 Å². The van der Waals surface area contributed by atoms with E-state index in [0.717, 1.165) is 12.1 Å². The van der Waals surface area contributed by atoms with Gasteiger partial charge in [0, 0.05) is 23.4 Å². The molecule has 0 radical (unpaired) electrons. The van der Waals surface area contributed by atoms with E-state index in [1.807, 2.05) is 0 Å². The van der Waals surface area contributed by atoms with Crippen LogP contribution in [0.15, 0.2) is 16.9 Å². The van der Waals surface area contributed by atoms with Crippen molar-refractivity contribution in [1.29, 1.82) is 0 Å². The molecule has 0 aliphatic rings. The summed E-state index contributed by atoms with van der Waals surface area (Å²) in [7, 11) is 0. The third kappa shape index (κ3) is 2.74. The van der Waals surface area contributed by atoms with Crippen molar-refractivity contribution in [1.82, 2.24) is 9.97 Å². The summed E-state index contributed by atoms with van der Waals surface area (Å²) in [6.45, 7) is 2.67. The molecule has 22 heavy (non-hydrogen) atoms. The number of nitrogens with one attached hydrogen (secondary N) is 1. The summed E-state index contributed by atoms with van der Waals surface area (Å²) < 4.78 is 53.7. The van der Waals surface area contributed by atoms with E-state index in [0.29, 0.717) is 0 Å². The summed E-state index contributed by atoms with van der Waals surface area (Å²) in [5.41, 5.74) is 3.09. The van der Waals surface area contributed by atoms with Crippen molar-refractivity contribution in [3.63, 3.8) is 0 Å². The molecular weight excluding hydrogens is 302 g/mol. The Balaban J connectivity index is 2.86. The normalized spacial score (nSPS) is 11.8. The average Bonchev–Trinajstić information content (AvgIpc) is 2.42. The van der Waals surface area contributed by atoms with Crippen LogP contribution in [0.4, 0.5) is 17.6 Å². The number of hydrogen-bond acceptors (Lipinski definition) is 3. The minimum absolute atomic E-state index is 0.0936. The molecule has 0 amide bonds. The Hall–Kier alpha value is -2.22. The van der Waals surface area contributed by atoms with Crippen LogP contribution in [0.3, 0.4) is 0 Å². The highest BCUT2D eigenvalue weighted by molar-refractivity contribution is 5.63. The predicted octanol–water partition coefficient (Wildman–Crippen LogP) is 2.67. The fourth-order valence-corrected chi connectivity index (χ4v) is 2.01. The molecule has 1 aromatic carbocycles. The molecule has 1 heterocycles. The number of rotatable bonds is 2. The van der Waals surface area contributed by atoms with Crippen molar-refractivity contribution in [2.24, 2.45) is 5.73 Å². The maximum Gasteiger partial charge on any atom is 0.417 e. The number of nitrogens with two attached hydrogens (primary N) is 1. The van der Waals surface area contributed by atoms with Gasteiger partial charge in [-0.1, -0.05) is 6.07 Å². The van der Waals surface area contributed by atoms with Crippen LogP contribution < -0.4 is 11.3 Å². The maximum atomic E-state index is 14.4. The number of benzene rings is 1. The summed E-state index contributed by atoms with van der Waals surface area (Å²) in [4.78, 5) is 17.8. The van der Waals surface area contributed by atoms with E-state index < -0.39 is 34.5 Å². The molecule has 118 valence electrons. The van der Waals surface area contributed by atoms with Crippen LogP contribution in [0.5, 0.6) is 0 Å². The van der Waals surface area contributed by atoms with Crippen molar-refractivity contribution in [3.05, 3.63) is 50.7 Å². The number of nitrogens with zero attached hydrogens (tertiary/aromatic N) is 1. The zero-order chi connectivity index (χ0) is 16.7. The largest absolute Gasteiger partial charge is 0.417 e. The van der Waals surface area contributed by atoms with Crippen LogP contribution >= 0.6 is 0 Å². The van der Waals surface area contributed by atoms with Gasteiger partial charge in [0.1, 0.15) is 11.6 Å². The fraction of sp³-hybridized carbons (Fsp3) is 0.286. The van der Waals surface area contributed by atoms with Crippen molar-refractivity contribution in [3.8, 4) is 11.4 Å². The quantitative estimate of drug-likeness (QED) is 0.837. The topological polar surface area (TPSA) is 71.8 Å². The first-order valence-electron chi connectivity index (χ1n) is 6.33. The SMILES string of the molecule is Cc1nc(-c2c(C(F)(F)F)ccc(CN)c2F)[nH]c(=O)c1C. The number of aromatic nitrogens is 2. The first-order valence-corrected chi connectivity index (χ1v) is 6.33. The summed E-state index contributed by atoms with van der Waals surface area (Å²) in [5, 5.41) is 0. The second kappa shape index (κ2) is 5.53. The van der Waals surface area contributed by atoms with Gasteiger partial charge in [0.2, 0.25) is 0 Å². The number of hydrogen-bond donors (Lipinski definition) is 2. The summed E-state index contributed by atoms with van der Waals surface area (Å²) in [5.74, 6) is -1.60. The molecule has 0 saturated carbocycles. The minimum atomic E-state index is -4.79. The van der Waals surface area contributed by atoms with E-state index in [1.165, 1.54) is 13.8 Å². The van der Waals surface area contributed by atoms with Gasteiger partial charge in [0.25, 0.3) is 5.56 Å². The Labute approximate surface area is 123 Å². The zero-order valence-electron chi connectivity index (χ0n) is 11.8. The smallest absolute Gasteiger partial charge is 0.326 e. The van der Waals surface area contributed by atoms with Crippen LogP contribution in [-0.2, 0) is 12.7 Å². The first kappa shape index (κ1) is 16.2. The molecule has 3 N–H and O–H groups in total. The lowest BCUT2D eigenvalue weighted by Crippen LogP contribution is -2.18. The van der Waals surface area contributed by atoms with E-state index in [2.05, 4.69) is 9.97 Å². The van der Waals surface area contributed by atoms with E-state index in [-0.39, 0.29) is 23.4 Å². The minimum Gasteiger partial charge on any atom is -0.326 e. The third-order valence-electron chi connectivity index (χ3n) is 3.38. The van der Waals surface area contributed by atoms with Gasteiger partial charge in [0.15, 0.2) is 0 Å². The summed E-state index contributed by atoms with van der Waals surface area (Å²) >= 11 is 0. The van der Waals surface area contributed by atoms with Gasteiger partial charge in [-0.25, -0.2) is 9.37 Å². The van der Waals surface area contributed by atoms with E-state index in [9.17, 15) is 22.4 Å². The van der Waals surface area contributed by atoms with Crippen molar-refractivity contribution in [2.45, 2.75) is 26.6 Å². The number of aryl methyl sites for hydroxylation is 1. The average molecular weight is 315 g/mol. The van der Waals surface area contributed by atoms with Gasteiger partial charge < -0.3 is 10.7 Å². The zero-order valence-corrected chi connectivity index (χ0v) is 11.8. The van der Waals surface area contributed by atoms with Gasteiger partial charge in [-0.15, -0.1) is 0 Å². The van der Waals surface area contributed by atoms with Gasteiger partial charge in [-0.2, -0.15) is 13.2 Å². The van der Waals surface area contributed by atoms with Gasteiger partial charge in [-0.05, 0) is 19.9 Å². The predicted molar refractivity (Wildman–Crippen MR) is 72.6 cm³/mol. The van der Waals surface area contributed by atoms with Crippen molar-refractivity contribution in [2.75, 3.05) is 0 Å². The van der Waals surface area contributed by atoms with E-state index in [1.54, 1.807) is 0 Å². The molecule has 2 rings (SSSR count). The summed E-state index contributed by atoms with van der Waals surface area (Å²) in [6.07, 6.45) is -4.79. The molecular formula is C14H13F4N3O. The van der Waals surface area contributed by atoms with Gasteiger partial charge >= 0.3 is 6.18 Å². The number of aromatic amines is 1. The molecule has 2 aromatic rings. The molecule has 0 bridgehead atoms. The molecule has 0 fully saturated rings. The Morgan fingerprint density at radius 3 is 2.41 bits per heavy atom. The Bertz CT molecular complexity index is 781. The van der Waals surface area contributed by atoms with Crippen LogP contribution in [0, 0.1) is 19.7 Å². The molecule has 0 spiro atoms. The lowest BCUT2D eigenvalue weighted by Gasteiger charge is -2.15. The lowest BCUT2D eigenvalue weighted by molar-refractivity contribution is -0.137.